The van der Waals surface area contributed by atoms with E-state index in [-0.39, 0.29) is 22.8 Å². The summed E-state index contributed by atoms with van der Waals surface area (Å²) in [6.07, 6.45) is 0. The third-order valence-electron chi connectivity index (χ3n) is 3.44. The maximum absolute atomic E-state index is 12.2. The molecule has 0 aliphatic heterocycles. The van der Waals surface area contributed by atoms with Gasteiger partial charge in [-0.15, -0.1) is 0 Å². The van der Waals surface area contributed by atoms with Crippen LogP contribution >= 0.6 is 11.6 Å². The van der Waals surface area contributed by atoms with E-state index in [1.165, 1.54) is 24.3 Å². The Kier molecular flexibility index (Phi) is 4.45. The molecule has 0 saturated carbocycles. The van der Waals surface area contributed by atoms with Crippen LogP contribution in [0, 0.1) is 0 Å². The molecular weight excluding hydrogens is 346 g/mol. The SMILES string of the molecule is O=C(Nc1ccc(O)c(C(=O)O)c1)c1ccc(-c2ccc(Cl)cc2)o1. The highest BCUT2D eigenvalue weighted by Crippen LogP contribution is 2.25. The number of anilines is 1. The first-order valence-electron chi connectivity index (χ1n) is 7.17. The summed E-state index contributed by atoms with van der Waals surface area (Å²) in [5.41, 5.74) is 0.685. The minimum Gasteiger partial charge on any atom is -0.507 e. The number of hydrogen-bond donors (Lipinski definition) is 3. The molecule has 1 aromatic heterocycles. The molecule has 0 bridgehead atoms. The van der Waals surface area contributed by atoms with E-state index in [2.05, 4.69) is 5.32 Å². The number of nitrogens with one attached hydrogen (secondary N) is 1. The minimum atomic E-state index is -1.29. The van der Waals surface area contributed by atoms with Crippen LogP contribution < -0.4 is 5.32 Å². The summed E-state index contributed by atoms with van der Waals surface area (Å²) in [5.74, 6) is -1.65. The summed E-state index contributed by atoms with van der Waals surface area (Å²) in [6.45, 7) is 0. The summed E-state index contributed by atoms with van der Waals surface area (Å²) in [6, 6.07) is 13.9. The molecule has 1 amide bonds. The van der Waals surface area contributed by atoms with Crippen LogP contribution in [0.5, 0.6) is 5.75 Å². The monoisotopic (exact) mass is 357 g/mol. The van der Waals surface area contributed by atoms with Crippen molar-refractivity contribution in [2.75, 3.05) is 5.32 Å². The highest BCUT2D eigenvalue weighted by Gasteiger charge is 2.15. The van der Waals surface area contributed by atoms with Crippen molar-refractivity contribution in [3.8, 4) is 17.1 Å². The van der Waals surface area contributed by atoms with Crippen molar-refractivity contribution in [2.45, 2.75) is 0 Å². The normalized spacial score (nSPS) is 10.4. The van der Waals surface area contributed by atoms with E-state index in [1.807, 2.05) is 0 Å². The molecule has 2 aromatic carbocycles. The zero-order valence-corrected chi connectivity index (χ0v) is 13.4. The van der Waals surface area contributed by atoms with E-state index in [0.29, 0.717) is 10.8 Å². The van der Waals surface area contributed by atoms with E-state index in [9.17, 15) is 14.7 Å². The fourth-order valence-electron chi connectivity index (χ4n) is 2.21. The van der Waals surface area contributed by atoms with Gasteiger partial charge >= 0.3 is 5.97 Å². The second-order valence-electron chi connectivity index (χ2n) is 5.16. The molecule has 0 unspecified atom stereocenters. The Hall–Kier alpha value is -3.25. The standard InChI is InChI=1S/C18H12ClNO5/c19-11-3-1-10(2-4-11)15-7-8-16(25-15)17(22)20-12-5-6-14(21)13(9-12)18(23)24/h1-9,21H,(H,20,22)(H,23,24). The summed E-state index contributed by atoms with van der Waals surface area (Å²) in [7, 11) is 0. The number of carboxylic acids is 1. The molecule has 126 valence electrons. The molecule has 6 nitrogen and oxygen atoms in total. The maximum atomic E-state index is 12.2. The summed E-state index contributed by atoms with van der Waals surface area (Å²) < 4.78 is 5.52. The van der Waals surface area contributed by atoms with Crippen LogP contribution in [0.25, 0.3) is 11.3 Å². The van der Waals surface area contributed by atoms with E-state index in [1.54, 1.807) is 30.3 Å². The van der Waals surface area contributed by atoms with E-state index in [4.69, 9.17) is 21.1 Å². The van der Waals surface area contributed by atoms with Crippen molar-refractivity contribution in [3.63, 3.8) is 0 Å². The predicted molar refractivity (Wildman–Crippen MR) is 92.2 cm³/mol. The van der Waals surface area contributed by atoms with Gasteiger partial charge in [0, 0.05) is 16.3 Å². The number of carbonyl (C=O) groups is 2. The van der Waals surface area contributed by atoms with Gasteiger partial charge in [-0.25, -0.2) is 4.79 Å². The summed E-state index contributed by atoms with van der Waals surface area (Å²) in [5, 5.41) is 21.6. The Balaban J connectivity index is 1.79. The number of carboxylic acid groups (broad SMARTS) is 1. The molecule has 0 saturated heterocycles. The lowest BCUT2D eigenvalue weighted by atomic mass is 10.1. The fraction of sp³-hybridized carbons (Fsp3) is 0. The van der Waals surface area contributed by atoms with Crippen molar-refractivity contribution in [3.05, 3.63) is 70.9 Å². The highest BCUT2D eigenvalue weighted by molar-refractivity contribution is 6.30. The van der Waals surface area contributed by atoms with Gasteiger partial charge in [-0.2, -0.15) is 0 Å². The number of carbonyl (C=O) groups excluding carboxylic acids is 1. The topological polar surface area (TPSA) is 99.8 Å². The first kappa shape index (κ1) is 16.6. The smallest absolute Gasteiger partial charge is 0.339 e. The van der Waals surface area contributed by atoms with Gasteiger partial charge in [-0.1, -0.05) is 11.6 Å². The fourth-order valence-corrected chi connectivity index (χ4v) is 2.33. The molecule has 3 aromatic rings. The lowest BCUT2D eigenvalue weighted by Gasteiger charge is -2.06. The molecule has 0 radical (unpaired) electrons. The molecule has 0 atom stereocenters. The minimum absolute atomic E-state index is 0.0647. The first-order chi connectivity index (χ1) is 11.9. The summed E-state index contributed by atoms with van der Waals surface area (Å²) >= 11 is 5.84. The number of rotatable bonds is 4. The molecule has 3 rings (SSSR count). The van der Waals surface area contributed by atoms with Crippen LogP contribution in [0.15, 0.2) is 59.0 Å². The molecule has 0 fully saturated rings. The molecule has 3 N–H and O–H groups in total. The Morgan fingerprint density at radius 2 is 1.72 bits per heavy atom. The lowest BCUT2D eigenvalue weighted by molar-refractivity contribution is 0.0693. The molecule has 0 aliphatic carbocycles. The number of aromatic hydroxyl groups is 1. The van der Waals surface area contributed by atoms with Crippen LogP contribution in [-0.2, 0) is 0 Å². The molecule has 0 aliphatic rings. The second-order valence-corrected chi connectivity index (χ2v) is 5.60. The van der Waals surface area contributed by atoms with Gasteiger partial charge in [0.1, 0.15) is 17.1 Å². The molecular formula is C18H12ClNO5. The van der Waals surface area contributed by atoms with Crippen molar-refractivity contribution in [1.29, 1.82) is 0 Å². The number of hydrogen-bond acceptors (Lipinski definition) is 4. The van der Waals surface area contributed by atoms with Crippen LogP contribution in [0.2, 0.25) is 5.02 Å². The Morgan fingerprint density at radius 1 is 1.00 bits per heavy atom. The quantitative estimate of drug-likeness (QED) is 0.606. The van der Waals surface area contributed by atoms with Gasteiger partial charge in [0.2, 0.25) is 0 Å². The van der Waals surface area contributed by atoms with Gasteiger partial charge in [0.15, 0.2) is 5.76 Å². The van der Waals surface area contributed by atoms with Crippen molar-refractivity contribution >= 4 is 29.2 Å². The number of furan rings is 1. The van der Waals surface area contributed by atoms with Gasteiger partial charge in [0.05, 0.1) is 0 Å². The number of halogens is 1. The van der Waals surface area contributed by atoms with E-state index in [0.717, 1.165) is 5.56 Å². The molecule has 1 heterocycles. The van der Waals surface area contributed by atoms with Crippen LogP contribution in [-0.4, -0.2) is 22.1 Å². The van der Waals surface area contributed by atoms with Crippen LogP contribution in [0.4, 0.5) is 5.69 Å². The Bertz CT molecular complexity index is 946. The van der Waals surface area contributed by atoms with Crippen LogP contribution in [0.3, 0.4) is 0 Å². The number of amides is 1. The average molecular weight is 358 g/mol. The van der Waals surface area contributed by atoms with E-state index < -0.39 is 11.9 Å². The zero-order valence-electron chi connectivity index (χ0n) is 12.7. The third-order valence-corrected chi connectivity index (χ3v) is 3.70. The van der Waals surface area contributed by atoms with E-state index >= 15 is 0 Å². The van der Waals surface area contributed by atoms with Gasteiger partial charge in [0.25, 0.3) is 5.91 Å². The summed E-state index contributed by atoms with van der Waals surface area (Å²) in [4.78, 5) is 23.3. The van der Waals surface area contributed by atoms with Gasteiger partial charge < -0.3 is 19.9 Å². The van der Waals surface area contributed by atoms with Gasteiger partial charge in [-0.3, -0.25) is 4.79 Å². The zero-order chi connectivity index (χ0) is 18.0. The predicted octanol–water partition coefficient (Wildman–Crippen LogP) is 4.26. The average Bonchev–Trinajstić information content (AvgIpc) is 3.07. The molecule has 7 heteroatoms. The highest BCUT2D eigenvalue weighted by atomic mass is 35.5. The van der Waals surface area contributed by atoms with Crippen molar-refractivity contribution < 1.29 is 24.2 Å². The number of aromatic carboxylic acids is 1. The van der Waals surface area contributed by atoms with Crippen molar-refractivity contribution in [2.24, 2.45) is 0 Å². The molecule has 0 spiro atoms. The van der Waals surface area contributed by atoms with Crippen LogP contribution in [0.1, 0.15) is 20.9 Å². The number of phenols is 1. The maximum Gasteiger partial charge on any atom is 0.339 e. The molecule has 25 heavy (non-hydrogen) atoms. The van der Waals surface area contributed by atoms with Crippen molar-refractivity contribution in [1.82, 2.24) is 0 Å². The Morgan fingerprint density at radius 3 is 2.40 bits per heavy atom. The lowest BCUT2D eigenvalue weighted by Crippen LogP contribution is -2.11. The Labute approximate surface area is 147 Å². The third kappa shape index (κ3) is 3.64. The largest absolute Gasteiger partial charge is 0.507 e. The first-order valence-corrected chi connectivity index (χ1v) is 7.55. The second kappa shape index (κ2) is 6.70. The van der Waals surface area contributed by atoms with Gasteiger partial charge in [-0.05, 0) is 54.6 Å². The number of benzene rings is 2.